The van der Waals surface area contributed by atoms with Crippen LogP contribution < -0.4 is 10.6 Å². The molecule has 2 fully saturated rings. The average Bonchev–Trinajstić information content (AvgIpc) is 2.46. The van der Waals surface area contributed by atoms with Crippen LogP contribution in [0.1, 0.15) is 37.7 Å². The number of nitrogen functional groups attached to an aromatic ring is 1. The van der Waals surface area contributed by atoms with E-state index in [4.69, 9.17) is 11.1 Å². The molecule has 4 N–H and O–H groups in total. The van der Waals surface area contributed by atoms with Crippen molar-refractivity contribution in [3.8, 4) is 0 Å². The van der Waals surface area contributed by atoms with Crippen molar-refractivity contribution in [3.63, 3.8) is 0 Å². The maximum atomic E-state index is 10.7. The van der Waals surface area contributed by atoms with E-state index in [1.54, 1.807) is 12.3 Å². The van der Waals surface area contributed by atoms with Gasteiger partial charge in [0.15, 0.2) is 5.82 Å². The quantitative estimate of drug-likeness (QED) is 0.550. The second-order valence-electron chi connectivity index (χ2n) is 5.92. The van der Waals surface area contributed by atoms with Crippen molar-refractivity contribution in [1.29, 1.82) is 5.41 Å². The highest BCUT2D eigenvalue weighted by Crippen LogP contribution is 2.40. The van der Waals surface area contributed by atoms with Gasteiger partial charge in [0.05, 0.1) is 17.4 Å². The summed E-state index contributed by atoms with van der Waals surface area (Å²) in [7, 11) is 0. The van der Waals surface area contributed by atoms with Crippen molar-refractivity contribution in [2.24, 2.45) is 11.7 Å². The van der Waals surface area contributed by atoms with Gasteiger partial charge in [-0.2, -0.15) is 5.10 Å². The lowest BCUT2D eigenvalue weighted by Gasteiger charge is -2.47. The Bertz CT molecular complexity index is 520. The zero-order valence-corrected chi connectivity index (χ0v) is 11.5. The number of fused-ring (bicyclic) bond motifs is 1. The van der Waals surface area contributed by atoms with Crippen molar-refractivity contribution >= 4 is 11.7 Å². The summed E-state index contributed by atoms with van der Waals surface area (Å²) in [6, 6.07) is 1.73. The van der Waals surface area contributed by atoms with E-state index in [0.29, 0.717) is 11.4 Å². The summed E-state index contributed by atoms with van der Waals surface area (Å²) in [6.07, 6.45) is 6.58. The number of aromatic nitrogens is 2. The summed E-state index contributed by atoms with van der Waals surface area (Å²) in [5.74, 6) is 0.971. The monoisotopic (exact) mass is 275 g/mol. The Labute approximate surface area is 118 Å². The smallest absolute Gasteiger partial charge is 0.162 e. The Balaban J connectivity index is 1.85. The predicted octanol–water partition coefficient (Wildman–Crippen LogP) is 0.892. The van der Waals surface area contributed by atoms with Crippen LogP contribution in [0.5, 0.6) is 0 Å². The highest BCUT2D eigenvalue weighted by atomic mass is 16.3. The van der Waals surface area contributed by atoms with Gasteiger partial charge < -0.3 is 15.7 Å². The van der Waals surface area contributed by atoms with E-state index in [0.717, 1.165) is 38.8 Å². The van der Waals surface area contributed by atoms with E-state index in [-0.39, 0.29) is 11.8 Å². The Morgan fingerprint density at radius 3 is 3.10 bits per heavy atom. The van der Waals surface area contributed by atoms with E-state index in [2.05, 4.69) is 15.1 Å². The normalized spacial score (nSPS) is 29.9. The third-order valence-electron chi connectivity index (χ3n) is 4.72. The molecule has 108 valence electrons. The van der Waals surface area contributed by atoms with E-state index in [1.165, 1.54) is 6.42 Å². The molecule has 1 aliphatic carbocycles. The van der Waals surface area contributed by atoms with Gasteiger partial charge in [0.1, 0.15) is 5.84 Å². The largest absolute Gasteiger partial charge is 0.389 e. The van der Waals surface area contributed by atoms with Gasteiger partial charge in [-0.3, -0.25) is 5.41 Å². The Hall–Kier alpha value is -1.69. The lowest BCUT2D eigenvalue weighted by molar-refractivity contribution is -0.0613. The minimum atomic E-state index is -0.507. The standard InChI is InChI=1S/C14H21N5O/c15-12(16)11-4-7-17-18-13(11)19-8-6-14(20)5-2-1-3-10(14)9-19/h4,7,10,20H,1-3,5-6,8-9H2,(H3,15,16). The summed E-state index contributed by atoms with van der Waals surface area (Å²) in [5, 5.41) is 26.4. The molecule has 6 nitrogen and oxygen atoms in total. The van der Waals surface area contributed by atoms with Gasteiger partial charge in [-0.15, -0.1) is 5.10 Å². The molecule has 2 heterocycles. The molecule has 0 amide bonds. The van der Waals surface area contributed by atoms with E-state index < -0.39 is 5.60 Å². The molecule has 2 atom stereocenters. The molecule has 0 radical (unpaired) electrons. The fourth-order valence-electron chi connectivity index (χ4n) is 3.53. The number of piperidine rings is 1. The molecule has 1 aromatic heterocycles. The summed E-state index contributed by atoms with van der Waals surface area (Å²) in [5.41, 5.74) is 5.74. The Kier molecular flexibility index (Phi) is 3.33. The third kappa shape index (κ3) is 2.24. The zero-order chi connectivity index (χ0) is 14.2. The molecule has 1 saturated carbocycles. The van der Waals surface area contributed by atoms with Gasteiger partial charge in [0, 0.05) is 19.0 Å². The van der Waals surface area contributed by atoms with Crippen LogP contribution in [0.3, 0.4) is 0 Å². The summed E-state index contributed by atoms with van der Waals surface area (Å²) in [6.45, 7) is 1.52. The maximum Gasteiger partial charge on any atom is 0.162 e. The van der Waals surface area contributed by atoms with Crippen LogP contribution in [0.25, 0.3) is 0 Å². The van der Waals surface area contributed by atoms with E-state index >= 15 is 0 Å². The topological polar surface area (TPSA) is 99.1 Å². The zero-order valence-electron chi connectivity index (χ0n) is 11.5. The first kappa shape index (κ1) is 13.3. The van der Waals surface area contributed by atoms with Crippen LogP contribution in [-0.2, 0) is 0 Å². The fraction of sp³-hybridized carbons (Fsp3) is 0.643. The van der Waals surface area contributed by atoms with Gasteiger partial charge in [-0.1, -0.05) is 12.8 Å². The van der Waals surface area contributed by atoms with Crippen LogP contribution in [0.2, 0.25) is 0 Å². The number of anilines is 1. The summed E-state index contributed by atoms with van der Waals surface area (Å²) < 4.78 is 0. The minimum Gasteiger partial charge on any atom is -0.389 e. The van der Waals surface area contributed by atoms with Crippen molar-refractivity contribution in [2.75, 3.05) is 18.0 Å². The molecule has 1 saturated heterocycles. The lowest BCUT2D eigenvalue weighted by Crippen LogP contribution is -2.53. The molecular weight excluding hydrogens is 254 g/mol. The van der Waals surface area contributed by atoms with Crippen LogP contribution in [-0.4, -0.2) is 39.8 Å². The second-order valence-corrected chi connectivity index (χ2v) is 5.92. The van der Waals surface area contributed by atoms with Crippen molar-refractivity contribution < 1.29 is 5.11 Å². The highest BCUT2D eigenvalue weighted by molar-refractivity contribution is 5.99. The maximum absolute atomic E-state index is 10.7. The molecule has 2 unspecified atom stereocenters. The second kappa shape index (κ2) is 5.01. The summed E-state index contributed by atoms with van der Waals surface area (Å²) >= 11 is 0. The molecule has 20 heavy (non-hydrogen) atoms. The average molecular weight is 275 g/mol. The van der Waals surface area contributed by atoms with Crippen molar-refractivity contribution in [2.45, 2.75) is 37.7 Å². The van der Waals surface area contributed by atoms with Gasteiger partial charge in [-0.05, 0) is 25.3 Å². The lowest BCUT2D eigenvalue weighted by atomic mass is 9.71. The SMILES string of the molecule is N=C(N)c1ccnnc1N1CCC2(O)CCCCC2C1. The van der Waals surface area contributed by atoms with E-state index in [1.807, 2.05) is 0 Å². The van der Waals surface area contributed by atoms with E-state index in [9.17, 15) is 5.11 Å². The van der Waals surface area contributed by atoms with Crippen molar-refractivity contribution in [3.05, 3.63) is 17.8 Å². The van der Waals surface area contributed by atoms with Crippen LogP contribution in [0, 0.1) is 11.3 Å². The fourth-order valence-corrected chi connectivity index (χ4v) is 3.53. The first-order valence-electron chi connectivity index (χ1n) is 7.23. The number of hydrogen-bond donors (Lipinski definition) is 3. The van der Waals surface area contributed by atoms with Gasteiger partial charge in [0.25, 0.3) is 0 Å². The molecule has 2 aliphatic rings. The Morgan fingerprint density at radius 1 is 1.45 bits per heavy atom. The number of nitrogens with zero attached hydrogens (tertiary/aromatic N) is 3. The molecule has 0 bridgehead atoms. The number of hydrogen-bond acceptors (Lipinski definition) is 5. The Morgan fingerprint density at radius 2 is 2.30 bits per heavy atom. The number of rotatable bonds is 2. The highest BCUT2D eigenvalue weighted by Gasteiger charge is 2.43. The van der Waals surface area contributed by atoms with Crippen LogP contribution in [0.15, 0.2) is 12.3 Å². The van der Waals surface area contributed by atoms with Gasteiger partial charge in [0.2, 0.25) is 0 Å². The van der Waals surface area contributed by atoms with Crippen molar-refractivity contribution in [1.82, 2.24) is 10.2 Å². The number of aliphatic hydroxyl groups is 1. The molecular formula is C14H21N5O. The molecule has 1 aromatic rings. The first-order valence-corrected chi connectivity index (χ1v) is 7.23. The first-order chi connectivity index (χ1) is 9.60. The molecule has 0 aromatic carbocycles. The van der Waals surface area contributed by atoms with Gasteiger partial charge in [-0.25, -0.2) is 0 Å². The third-order valence-corrected chi connectivity index (χ3v) is 4.72. The molecule has 3 rings (SSSR count). The predicted molar refractivity (Wildman–Crippen MR) is 76.8 cm³/mol. The minimum absolute atomic E-state index is 0.0133. The molecule has 6 heteroatoms. The molecule has 1 aliphatic heterocycles. The number of nitrogens with one attached hydrogen (secondary N) is 1. The van der Waals surface area contributed by atoms with Crippen LogP contribution >= 0.6 is 0 Å². The summed E-state index contributed by atoms with van der Waals surface area (Å²) in [4.78, 5) is 2.12. The van der Waals surface area contributed by atoms with Gasteiger partial charge >= 0.3 is 0 Å². The van der Waals surface area contributed by atoms with Crippen LogP contribution in [0.4, 0.5) is 5.82 Å². The number of amidine groups is 1. The number of nitrogens with two attached hydrogens (primary N) is 1. The molecule has 0 spiro atoms.